The second-order valence-corrected chi connectivity index (χ2v) is 9.26. The standard InChI is InChI=1S/C26H22F3N7O3/c27-26(28,29)23-20(11-31-33-24(23)37)35-12-17-4-1-2-7-19(17)21(35)14-39-18-6-3-5-16(10-18)25(38)34-8-9-36-22(13-34)30-15-32-36/h1-7,10-11,15,21H,8-9,12-14H2,(H,33,37). The van der Waals surface area contributed by atoms with E-state index in [0.717, 1.165) is 17.3 Å². The van der Waals surface area contributed by atoms with Gasteiger partial charge in [0.25, 0.3) is 11.5 Å². The van der Waals surface area contributed by atoms with Crippen LogP contribution in [0, 0.1) is 0 Å². The number of ether oxygens (including phenoxy) is 1. The first-order chi connectivity index (χ1) is 18.8. The van der Waals surface area contributed by atoms with E-state index in [2.05, 4.69) is 15.2 Å². The first kappa shape index (κ1) is 24.6. The summed E-state index contributed by atoms with van der Waals surface area (Å²) in [6.07, 6.45) is -2.40. The minimum atomic E-state index is -4.87. The lowest BCUT2D eigenvalue weighted by Gasteiger charge is -2.29. The Morgan fingerprint density at radius 1 is 1.10 bits per heavy atom. The quantitative estimate of drug-likeness (QED) is 0.417. The molecule has 1 unspecified atom stereocenters. The van der Waals surface area contributed by atoms with Gasteiger partial charge >= 0.3 is 6.18 Å². The summed E-state index contributed by atoms with van der Waals surface area (Å²) < 4.78 is 49.4. The molecule has 2 aromatic carbocycles. The maximum Gasteiger partial charge on any atom is 0.423 e. The lowest BCUT2D eigenvalue weighted by atomic mass is 10.1. The lowest BCUT2D eigenvalue weighted by Crippen LogP contribution is -2.38. The van der Waals surface area contributed by atoms with Gasteiger partial charge in [-0.3, -0.25) is 9.59 Å². The largest absolute Gasteiger partial charge is 0.491 e. The molecule has 0 radical (unpaired) electrons. The number of carbonyl (C=O) groups is 1. The van der Waals surface area contributed by atoms with Gasteiger partial charge in [0.1, 0.15) is 30.1 Å². The van der Waals surface area contributed by atoms with Crippen molar-refractivity contribution in [2.75, 3.05) is 18.1 Å². The molecule has 2 aromatic heterocycles. The molecular weight excluding hydrogens is 515 g/mol. The number of amides is 1. The molecule has 200 valence electrons. The number of hydrogen-bond acceptors (Lipinski definition) is 7. The highest BCUT2D eigenvalue weighted by Gasteiger charge is 2.42. The highest BCUT2D eigenvalue weighted by Crippen LogP contribution is 2.42. The highest BCUT2D eigenvalue weighted by molar-refractivity contribution is 5.94. The SMILES string of the molecule is O=C(c1cccc(OCC2c3ccccc3CN2c2cn[nH]c(=O)c2C(F)(F)F)c1)N1CCn2ncnc2C1. The van der Waals surface area contributed by atoms with Crippen molar-refractivity contribution in [1.82, 2.24) is 29.9 Å². The summed E-state index contributed by atoms with van der Waals surface area (Å²) in [7, 11) is 0. The number of aromatic amines is 1. The van der Waals surface area contributed by atoms with Gasteiger partial charge in [-0.25, -0.2) is 14.8 Å². The van der Waals surface area contributed by atoms with Crippen LogP contribution in [0.5, 0.6) is 5.75 Å². The summed E-state index contributed by atoms with van der Waals surface area (Å²) in [5.41, 5.74) is -0.907. The van der Waals surface area contributed by atoms with Crippen LogP contribution in [0.3, 0.4) is 0 Å². The van der Waals surface area contributed by atoms with Crippen molar-refractivity contribution in [2.45, 2.75) is 31.9 Å². The maximum atomic E-state index is 13.9. The third-order valence-electron chi connectivity index (χ3n) is 6.95. The van der Waals surface area contributed by atoms with Gasteiger partial charge in [0.05, 0.1) is 31.0 Å². The molecule has 0 fully saturated rings. The molecule has 2 aliphatic heterocycles. The number of anilines is 1. The topological polar surface area (TPSA) is 109 Å². The summed E-state index contributed by atoms with van der Waals surface area (Å²) >= 11 is 0. The van der Waals surface area contributed by atoms with Crippen molar-refractivity contribution in [3.63, 3.8) is 0 Å². The molecule has 13 heteroatoms. The number of hydrogen-bond donors (Lipinski definition) is 1. The zero-order chi connectivity index (χ0) is 27.1. The molecule has 6 rings (SSSR count). The van der Waals surface area contributed by atoms with Gasteiger partial charge in [-0.05, 0) is 29.3 Å². The maximum absolute atomic E-state index is 13.9. The second-order valence-electron chi connectivity index (χ2n) is 9.26. The summed E-state index contributed by atoms with van der Waals surface area (Å²) in [4.78, 5) is 32.7. The second kappa shape index (κ2) is 9.57. The van der Waals surface area contributed by atoms with Gasteiger partial charge in [-0.2, -0.15) is 23.4 Å². The number of benzene rings is 2. The predicted octanol–water partition coefficient (Wildman–Crippen LogP) is 3.18. The number of fused-ring (bicyclic) bond motifs is 2. The summed E-state index contributed by atoms with van der Waals surface area (Å²) in [6.45, 7) is 1.50. The van der Waals surface area contributed by atoms with E-state index in [0.29, 0.717) is 36.8 Å². The molecule has 0 saturated heterocycles. The number of nitrogens with zero attached hydrogens (tertiary/aromatic N) is 6. The van der Waals surface area contributed by atoms with E-state index in [4.69, 9.17) is 4.74 Å². The summed E-state index contributed by atoms with van der Waals surface area (Å²) in [6, 6.07) is 13.3. The minimum absolute atomic E-state index is 0.0222. The van der Waals surface area contributed by atoms with E-state index in [1.807, 2.05) is 17.2 Å². The molecule has 1 atom stereocenters. The van der Waals surface area contributed by atoms with Gasteiger partial charge < -0.3 is 14.5 Å². The molecule has 4 heterocycles. The van der Waals surface area contributed by atoms with E-state index in [1.54, 1.807) is 46.0 Å². The zero-order valence-corrected chi connectivity index (χ0v) is 20.4. The molecule has 0 aliphatic carbocycles. The van der Waals surface area contributed by atoms with Crippen molar-refractivity contribution in [3.05, 3.63) is 99.5 Å². The minimum Gasteiger partial charge on any atom is -0.491 e. The number of nitrogens with one attached hydrogen (secondary N) is 1. The fraction of sp³-hybridized carbons (Fsp3) is 0.269. The molecular formula is C26H22F3N7O3. The third kappa shape index (κ3) is 4.60. The van der Waals surface area contributed by atoms with E-state index in [-0.39, 0.29) is 24.7 Å². The number of alkyl halides is 3. The number of halogens is 3. The van der Waals surface area contributed by atoms with Crippen LogP contribution < -0.4 is 15.2 Å². The number of carbonyl (C=O) groups excluding carboxylic acids is 1. The lowest BCUT2D eigenvalue weighted by molar-refractivity contribution is -0.138. The van der Waals surface area contributed by atoms with Gasteiger partial charge in [-0.1, -0.05) is 30.3 Å². The normalized spacial score (nSPS) is 16.6. The van der Waals surface area contributed by atoms with Crippen LogP contribution in [0.4, 0.5) is 18.9 Å². The van der Waals surface area contributed by atoms with Crippen LogP contribution in [0.2, 0.25) is 0 Å². The first-order valence-electron chi connectivity index (χ1n) is 12.2. The molecule has 4 aromatic rings. The monoisotopic (exact) mass is 537 g/mol. The Kier molecular flexibility index (Phi) is 6.04. The Labute approximate surface area is 219 Å². The van der Waals surface area contributed by atoms with Gasteiger partial charge in [0, 0.05) is 18.7 Å². The average Bonchev–Trinajstić information content (AvgIpc) is 3.55. The average molecular weight is 538 g/mol. The molecule has 0 bridgehead atoms. The molecule has 2 aliphatic rings. The van der Waals surface area contributed by atoms with Crippen molar-refractivity contribution in [2.24, 2.45) is 0 Å². The van der Waals surface area contributed by atoms with Gasteiger partial charge in [-0.15, -0.1) is 0 Å². The van der Waals surface area contributed by atoms with Crippen LogP contribution in [0.15, 0.2) is 65.8 Å². The van der Waals surface area contributed by atoms with Crippen LogP contribution >= 0.6 is 0 Å². The van der Waals surface area contributed by atoms with Crippen molar-refractivity contribution < 1.29 is 22.7 Å². The Morgan fingerprint density at radius 2 is 1.95 bits per heavy atom. The van der Waals surface area contributed by atoms with Crippen molar-refractivity contribution in [3.8, 4) is 5.75 Å². The van der Waals surface area contributed by atoms with Crippen LogP contribution in [0.25, 0.3) is 0 Å². The summed E-state index contributed by atoms with van der Waals surface area (Å²) in [5.74, 6) is 0.909. The molecule has 39 heavy (non-hydrogen) atoms. The number of rotatable bonds is 5. The Bertz CT molecular complexity index is 1600. The predicted molar refractivity (Wildman–Crippen MR) is 132 cm³/mol. The van der Waals surface area contributed by atoms with Crippen LogP contribution in [-0.4, -0.2) is 48.9 Å². The van der Waals surface area contributed by atoms with E-state index < -0.39 is 23.3 Å². The third-order valence-corrected chi connectivity index (χ3v) is 6.95. The fourth-order valence-corrected chi connectivity index (χ4v) is 5.09. The molecule has 1 amide bonds. The molecule has 0 saturated carbocycles. The Hall–Kier alpha value is -4.68. The Balaban J connectivity index is 1.25. The van der Waals surface area contributed by atoms with Crippen molar-refractivity contribution >= 4 is 11.6 Å². The van der Waals surface area contributed by atoms with Crippen LogP contribution in [0.1, 0.15) is 38.9 Å². The highest BCUT2D eigenvalue weighted by atomic mass is 19.4. The van der Waals surface area contributed by atoms with Crippen LogP contribution in [-0.2, 0) is 25.8 Å². The zero-order valence-electron chi connectivity index (χ0n) is 20.4. The van der Waals surface area contributed by atoms with Crippen molar-refractivity contribution in [1.29, 1.82) is 0 Å². The molecule has 10 nitrogen and oxygen atoms in total. The Morgan fingerprint density at radius 3 is 2.79 bits per heavy atom. The number of H-pyrrole nitrogens is 1. The van der Waals surface area contributed by atoms with E-state index in [1.165, 1.54) is 11.2 Å². The van der Waals surface area contributed by atoms with Gasteiger partial charge in [0.2, 0.25) is 0 Å². The smallest absolute Gasteiger partial charge is 0.423 e. The number of aromatic nitrogens is 5. The summed E-state index contributed by atoms with van der Waals surface area (Å²) in [5, 5.41) is 9.64. The molecule has 1 N–H and O–H groups in total. The first-order valence-corrected chi connectivity index (χ1v) is 12.2. The van der Waals surface area contributed by atoms with E-state index >= 15 is 0 Å². The van der Waals surface area contributed by atoms with E-state index in [9.17, 15) is 22.8 Å². The molecule has 0 spiro atoms. The van der Waals surface area contributed by atoms with Gasteiger partial charge in [0.15, 0.2) is 0 Å². The fourth-order valence-electron chi connectivity index (χ4n) is 5.09.